The summed E-state index contributed by atoms with van der Waals surface area (Å²) in [5.41, 5.74) is 1.99. The number of hydrogen-bond donors (Lipinski definition) is 0. The fourth-order valence-corrected chi connectivity index (χ4v) is 3.07. The van der Waals surface area contributed by atoms with Crippen LogP contribution in [0.5, 0.6) is 0 Å². The van der Waals surface area contributed by atoms with Crippen molar-refractivity contribution in [1.29, 1.82) is 0 Å². The van der Waals surface area contributed by atoms with Gasteiger partial charge in [0.25, 0.3) is 5.91 Å². The molecule has 24 heavy (non-hydrogen) atoms. The monoisotopic (exact) mass is 341 g/mol. The topological polar surface area (TPSA) is 51.3 Å². The van der Waals surface area contributed by atoms with Crippen LogP contribution in [0.4, 0.5) is 0 Å². The van der Waals surface area contributed by atoms with Crippen molar-refractivity contribution in [3.05, 3.63) is 59.4 Å². The first-order chi connectivity index (χ1) is 11.7. The Bertz CT molecular complexity index is 847. The minimum Gasteiger partial charge on any atom is -0.463 e. The molecule has 1 saturated heterocycles. The van der Waals surface area contributed by atoms with Crippen LogP contribution in [-0.4, -0.2) is 33.7 Å². The van der Waals surface area contributed by atoms with Crippen molar-refractivity contribution < 1.29 is 9.21 Å². The zero-order valence-corrected chi connectivity index (χ0v) is 13.7. The molecular weight excluding hydrogens is 326 g/mol. The minimum absolute atomic E-state index is 0.0342. The summed E-state index contributed by atoms with van der Waals surface area (Å²) in [6.45, 7) is 1.59. The Balaban J connectivity index is 1.79. The summed E-state index contributed by atoms with van der Waals surface area (Å²) in [7, 11) is 0. The Hall–Kier alpha value is -2.53. The molecule has 3 heterocycles. The number of likely N-dealkylation sites (tertiary alicyclic amines) is 1. The number of rotatable bonds is 3. The summed E-state index contributed by atoms with van der Waals surface area (Å²) < 4.78 is 7.23. The molecule has 122 valence electrons. The van der Waals surface area contributed by atoms with E-state index in [-0.39, 0.29) is 5.91 Å². The van der Waals surface area contributed by atoms with Crippen LogP contribution in [0.2, 0.25) is 5.02 Å². The fourth-order valence-electron chi connectivity index (χ4n) is 2.95. The van der Waals surface area contributed by atoms with Crippen LogP contribution in [-0.2, 0) is 0 Å². The maximum Gasteiger partial charge on any atom is 0.274 e. The third kappa shape index (κ3) is 2.71. The lowest BCUT2D eigenvalue weighted by Crippen LogP contribution is -2.28. The largest absolute Gasteiger partial charge is 0.463 e. The number of furan rings is 1. The van der Waals surface area contributed by atoms with Crippen LogP contribution in [0.3, 0.4) is 0 Å². The average molecular weight is 342 g/mol. The Morgan fingerprint density at radius 1 is 1.12 bits per heavy atom. The minimum atomic E-state index is -0.0342. The van der Waals surface area contributed by atoms with Gasteiger partial charge in [0.15, 0.2) is 11.5 Å². The molecule has 0 N–H and O–H groups in total. The molecule has 0 aliphatic carbocycles. The van der Waals surface area contributed by atoms with Crippen molar-refractivity contribution in [3.63, 3.8) is 0 Å². The summed E-state index contributed by atoms with van der Waals surface area (Å²) in [5, 5.41) is 5.18. The number of benzene rings is 1. The summed E-state index contributed by atoms with van der Waals surface area (Å²) in [4.78, 5) is 14.5. The van der Waals surface area contributed by atoms with Crippen LogP contribution in [0.1, 0.15) is 23.3 Å². The number of nitrogens with zero attached hydrogens (tertiary/aromatic N) is 3. The van der Waals surface area contributed by atoms with Gasteiger partial charge >= 0.3 is 0 Å². The van der Waals surface area contributed by atoms with Gasteiger partial charge in [-0.15, -0.1) is 0 Å². The number of hydrogen-bond acceptors (Lipinski definition) is 3. The van der Waals surface area contributed by atoms with Gasteiger partial charge in [0, 0.05) is 24.2 Å². The molecule has 5 nitrogen and oxygen atoms in total. The van der Waals surface area contributed by atoms with E-state index in [0.29, 0.717) is 16.5 Å². The van der Waals surface area contributed by atoms with Gasteiger partial charge in [-0.05, 0) is 49.2 Å². The number of amides is 1. The Labute approximate surface area is 144 Å². The molecule has 0 radical (unpaired) electrons. The van der Waals surface area contributed by atoms with Crippen LogP contribution in [0, 0.1) is 0 Å². The Morgan fingerprint density at radius 3 is 2.54 bits per heavy atom. The zero-order chi connectivity index (χ0) is 16.5. The molecule has 0 saturated carbocycles. The molecule has 0 spiro atoms. The van der Waals surface area contributed by atoms with Crippen molar-refractivity contribution in [1.82, 2.24) is 14.7 Å². The van der Waals surface area contributed by atoms with Crippen LogP contribution in [0.25, 0.3) is 17.1 Å². The summed E-state index contributed by atoms with van der Waals surface area (Å²) >= 11 is 5.97. The van der Waals surface area contributed by atoms with Crippen molar-refractivity contribution >= 4 is 17.5 Å². The lowest BCUT2D eigenvalue weighted by atomic mass is 10.2. The summed E-state index contributed by atoms with van der Waals surface area (Å²) in [6.07, 6.45) is 3.71. The van der Waals surface area contributed by atoms with E-state index in [9.17, 15) is 4.79 Å². The van der Waals surface area contributed by atoms with E-state index in [4.69, 9.17) is 16.0 Å². The van der Waals surface area contributed by atoms with E-state index >= 15 is 0 Å². The molecule has 1 amide bonds. The van der Waals surface area contributed by atoms with E-state index in [1.807, 2.05) is 29.2 Å². The molecule has 1 aromatic carbocycles. The Morgan fingerprint density at radius 2 is 1.88 bits per heavy atom. The van der Waals surface area contributed by atoms with Gasteiger partial charge in [-0.2, -0.15) is 5.10 Å². The number of carbonyl (C=O) groups is 1. The second-order valence-electron chi connectivity index (χ2n) is 5.78. The quantitative estimate of drug-likeness (QED) is 0.723. The highest BCUT2D eigenvalue weighted by Crippen LogP contribution is 2.26. The lowest BCUT2D eigenvalue weighted by Gasteiger charge is -2.12. The van der Waals surface area contributed by atoms with E-state index < -0.39 is 0 Å². The SMILES string of the molecule is O=C(c1cc(-c2ccco2)n(-c2ccc(Cl)cc2)n1)N1CCCC1. The van der Waals surface area contributed by atoms with E-state index in [2.05, 4.69) is 5.10 Å². The summed E-state index contributed by atoms with van der Waals surface area (Å²) in [5.74, 6) is 0.631. The second kappa shape index (κ2) is 6.17. The van der Waals surface area contributed by atoms with Crippen molar-refractivity contribution in [2.24, 2.45) is 0 Å². The van der Waals surface area contributed by atoms with Gasteiger partial charge in [-0.3, -0.25) is 4.79 Å². The van der Waals surface area contributed by atoms with Crippen LogP contribution in [0.15, 0.2) is 53.1 Å². The van der Waals surface area contributed by atoms with Gasteiger partial charge < -0.3 is 9.32 Å². The Kier molecular flexibility index (Phi) is 3.86. The molecule has 0 unspecified atom stereocenters. The smallest absolute Gasteiger partial charge is 0.274 e. The molecule has 0 bridgehead atoms. The number of aromatic nitrogens is 2. The van der Waals surface area contributed by atoms with Crippen LogP contribution < -0.4 is 0 Å². The van der Waals surface area contributed by atoms with Gasteiger partial charge in [0.05, 0.1) is 12.0 Å². The second-order valence-corrected chi connectivity index (χ2v) is 6.22. The van der Waals surface area contributed by atoms with Crippen molar-refractivity contribution in [2.45, 2.75) is 12.8 Å². The number of carbonyl (C=O) groups excluding carboxylic acids is 1. The third-order valence-corrected chi connectivity index (χ3v) is 4.42. The van der Waals surface area contributed by atoms with Gasteiger partial charge in [0.2, 0.25) is 0 Å². The highest BCUT2D eigenvalue weighted by atomic mass is 35.5. The van der Waals surface area contributed by atoms with Gasteiger partial charge in [-0.25, -0.2) is 4.68 Å². The van der Waals surface area contributed by atoms with Gasteiger partial charge in [-0.1, -0.05) is 11.6 Å². The average Bonchev–Trinajstić information content (AvgIpc) is 3.34. The first kappa shape index (κ1) is 15.0. The first-order valence-electron chi connectivity index (χ1n) is 7.91. The maximum absolute atomic E-state index is 12.7. The van der Waals surface area contributed by atoms with E-state index in [0.717, 1.165) is 37.3 Å². The fraction of sp³-hybridized carbons (Fsp3) is 0.222. The highest BCUT2D eigenvalue weighted by Gasteiger charge is 2.24. The molecule has 2 aromatic heterocycles. The molecule has 0 atom stereocenters. The molecule has 1 fully saturated rings. The van der Waals surface area contributed by atoms with Crippen LogP contribution >= 0.6 is 11.6 Å². The van der Waals surface area contributed by atoms with Crippen molar-refractivity contribution in [2.75, 3.05) is 13.1 Å². The molecule has 3 aromatic rings. The molecule has 1 aliphatic heterocycles. The van der Waals surface area contributed by atoms with Gasteiger partial charge in [0.1, 0.15) is 5.69 Å². The molecule has 1 aliphatic rings. The third-order valence-electron chi connectivity index (χ3n) is 4.17. The molecular formula is C18H16ClN3O2. The molecule has 6 heteroatoms. The normalized spacial score (nSPS) is 14.3. The predicted molar refractivity (Wildman–Crippen MR) is 91.4 cm³/mol. The predicted octanol–water partition coefficient (Wildman–Crippen LogP) is 4.02. The number of halogens is 1. The lowest BCUT2D eigenvalue weighted by molar-refractivity contribution is 0.0786. The van der Waals surface area contributed by atoms with Crippen molar-refractivity contribution in [3.8, 4) is 17.1 Å². The highest BCUT2D eigenvalue weighted by molar-refractivity contribution is 6.30. The zero-order valence-electron chi connectivity index (χ0n) is 13.0. The maximum atomic E-state index is 12.7. The molecule has 4 rings (SSSR count). The summed E-state index contributed by atoms with van der Waals surface area (Å²) in [6, 6.07) is 12.8. The van der Waals surface area contributed by atoms with E-state index in [1.54, 1.807) is 29.1 Å². The van der Waals surface area contributed by atoms with E-state index in [1.165, 1.54) is 0 Å². The first-order valence-corrected chi connectivity index (χ1v) is 8.29. The standard InChI is InChI=1S/C18H16ClN3O2/c19-13-5-7-14(8-6-13)22-16(17-4-3-11-24-17)12-15(20-22)18(23)21-9-1-2-10-21/h3-8,11-12H,1-2,9-10H2.